The lowest BCUT2D eigenvalue weighted by Crippen LogP contribution is -1.93. The first-order valence-corrected chi connectivity index (χ1v) is 3.25. The van der Waals surface area contributed by atoms with Crippen molar-refractivity contribution < 1.29 is 5.21 Å². The largest absolute Gasteiger partial charge is 0.409 e. The molecule has 4 heteroatoms. The monoisotopic (exact) mass is 137 g/mol. The molecule has 0 unspecified atom stereocenters. The van der Waals surface area contributed by atoms with Crippen LogP contribution in [0.5, 0.6) is 0 Å². The van der Waals surface area contributed by atoms with Crippen LogP contribution in [0.4, 0.5) is 0 Å². The van der Waals surface area contributed by atoms with Crippen molar-refractivity contribution in [2.45, 2.75) is 12.8 Å². The number of hydrogen-bond donors (Lipinski definition) is 1. The minimum Gasteiger partial charge on any atom is -0.409 e. The molecular weight excluding hydrogens is 130 g/mol. The fourth-order valence-corrected chi connectivity index (χ4v) is 0.885. The number of rotatable bonds is 1. The van der Waals surface area contributed by atoms with Crippen LogP contribution in [0.1, 0.15) is 12.8 Å². The highest BCUT2D eigenvalue weighted by molar-refractivity contribution is 6.37. The highest BCUT2D eigenvalue weighted by atomic mass is 16.4. The van der Waals surface area contributed by atoms with E-state index in [1.165, 1.54) is 19.1 Å². The molecular formula is C6H7N3O. The van der Waals surface area contributed by atoms with Crippen molar-refractivity contribution in [1.82, 2.24) is 0 Å². The van der Waals surface area contributed by atoms with Gasteiger partial charge in [-0.2, -0.15) is 0 Å². The summed E-state index contributed by atoms with van der Waals surface area (Å²) in [5.74, 6) is 1.69. The third-order valence-electron chi connectivity index (χ3n) is 1.59. The van der Waals surface area contributed by atoms with E-state index in [2.05, 4.69) is 15.1 Å². The molecule has 1 heterocycles. The van der Waals surface area contributed by atoms with Crippen LogP contribution in [0.15, 0.2) is 15.1 Å². The van der Waals surface area contributed by atoms with Crippen LogP contribution in [0, 0.1) is 5.92 Å². The van der Waals surface area contributed by atoms with Gasteiger partial charge in [0.1, 0.15) is 5.84 Å². The zero-order valence-electron chi connectivity index (χ0n) is 5.36. The Morgan fingerprint density at radius 1 is 1.60 bits per heavy atom. The Bertz CT molecular complexity index is 237. The fourth-order valence-electron chi connectivity index (χ4n) is 0.885. The Hall–Kier alpha value is -1.19. The number of oxime groups is 1. The van der Waals surface area contributed by atoms with E-state index < -0.39 is 0 Å². The molecule has 0 radical (unpaired) electrons. The van der Waals surface area contributed by atoms with Crippen molar-refractivity contribution in [3.63, 3.8) is 0 Å². The highest BCUT2D eigenvalue weighted by Crippen LogP contribution is 2.31. The van der Waals surface area contributed by atoms with E-state index in [9.17, 15) is 0 Å². The van der Waals surface area contributed by atoms with Crippen LogP contribution in [0.2, 0.25) is 0 Å². The van der Waals surface area contributed by atoms with E-state index >= 15 is 0 Å². The van der Waals surface area contributed by atoms with Crippen molar-refractivity contribution in [1.29, 1.82) is 0 Å². The second-order valence-electron chi connectivity index (χ2n) is 2.46. The summed E-state index contributed by atoms with van der Waals surface area (Å²) in [7, 11) is 0. The first kappa shape index (κ1) is 5.58. The van der Waals surface area contributed by atoms with Crippen molar-refractivity contribution in [3.8, 4) is 0 Å². The summed E-state index contributed by atoms with van der Waals surface area (Å²) in [4.78, 5) is 7.95. The van der Waals surface area contributed by atoms with Crippen LogP contribution < -0.4 is 0 Å². The van der Waals surface area contributed by atoms with Gasteiger partial charge in [-0.05, 0) is 12.8 Å². The molecule has 52 valence electrons. The number of hydrogen-bond acceptors (Lipinski definition) is 3. The van der Waals surface area contributed by atoms with Gasteiger partial charge in [-0.3, -0.25) is 0 Å². The van der Waals surface area contributed by atoms with Crippen molar-refractivity contribution >= 4 is 17.9 Å². The summed E-state index contributed by atoms with van der Waals surface area (Å²) in [6.45, 7) is 0. The molecule has 0 bridgehead atoms. The second-order valence-corrected chi connectivity index (χ2v) is 2.46. The smallest absolute Gasteiger partial charge is 0.211 e. The Morgan fingerprint density at radius 2 is 2.40 bits per heavy atom. The van der Waals surface area contributed by atoms with Gasteiger partial charge in [0.2, 0.25) is 5.84 Å². The molecule has 0 aromatic carbocycles. The molecule has 2 aliphatic rings. The zero-order valence-corrected chi connectivity index (χ0v) is 5.36. The van der Waals surface area contributed by atoms with Gasteiger partial charge in [-0.15, -0.1) is 0 Å². The Labute approximate surface area is 58.0 Å². The summed E-state index contributed by atoms with van der Waals surface area (Å²) in [5.41, 5.74) is 0. The zero-order chi connectivity index (χ0) is 6.97. The molecule has 10 heavy (non-hydrogen) atoms. The minimum atomic E-state index is 0.321. The van der Waals surface area contributed by atoms with Gasteiger partial charge in [-0.25, -0.2) is 9.98 Å². The first-order valence-electron chi connectivity index (χ1n) is 3.25. The van der Waals surface area contributed by atoms with Gasteiger partial charge in [0.05, 0.1) is 6.21 Å². The second kappa shape index (κ2) is 1.90. The molecule has 0 saturated heterocycles. The van der Waals surface area contributed by atoms with Gasteiger partial charge in [0.25, 0.3) is 0 Å². The number of aliphatic imine (C=N–C) groups is 2. The van der Waals surface area contributed by atoms with Crippen molar-refractivity contribution in [2.24, 2.45) is 21.1 Å². The van der Waals surface area contributed by atoms with E-state index in [1.807, 2.05) is 0 Å². The first-order chi connectivity index (χ1) is 4.90. The molecule has 4 nitrogen and oxygen atoms in total. The van der Waals surface area contributed by atoms with E-state index in [4.69, 9.17) is 5.21 Å². The third-order valence-corrected chi connectivity index (χ3v) is 1.59. The van der Waals surface area contributed by atoms with E-state index in [-0.39, 0.29) is 0 Å². The van der Waals surface area contributed by atoms with Crippen LogP contribution in [0.3, 0.4) is 0 Å². The highest BCUT2D eigenvalue weighted by Gasteiger charge is 2.29. The minimum absolute atomic E-state index is 0.321. The van der Waals surface area contributed by atoms with Crippen LogP contribution in [0.25, 0.3) is 0 Å². The Morgan fingerprint density at radius 3 is 2.90 bits per heavy atom. The number of nitrogens with zero attached hydrogens (tertiary/aromatic N) is 3. The molecule has 1 aliphatic heterocycles. The molecule has 2 rings (SSSR count). The Balaban J connectivity index is 2.19. The summed E-state index contributed by atoms with van der Waals surface area (Å²) in [5, 5.41) is 11.2. The predicted octanol–water partition coefficient (Wildman–Crippen LogP) is 0.667. The Kier molecular flexibility index (Phi) is 1.06. The van der Waals surface area contributed by atoms with E-state index in [1.54, 1.807) is 0 Å². The molecule has 0 aromatic rings. The van der Waals surface area contributed by atoms with Crippen LogP contribution in [-0.2, 0) is 0 Å². The molecule has 1 fully saturated rings. The maximum Gasteiger partial charge on any atom is 0.211 e. The van der Waals surface area contributed by atoms with Gasteiger partial charge < -0.3 is 5.21 Å². The van der Waals surface area contributed by atoms with Gasteiger partial charge >= 0.3 is 0 Å². The molecule has 0 spiro atoms. The van der Waals surface area contributed by atoms with Crippen molar-refractivity contribution in [3.05, 3.63) is 0 Å². The normalized spacial score (nSPS) is 27.6. The van der Waals surface area contributed by atoms with E-state index in [0.29, 0.717) is 11.8 Å². The van der Waals surface area contributed by atoms with Crippen molar-refractivity contribution in [2.75, 3.05) is 0 Å². The summed E-state index contributed by atoms with van der Waals surface area (Å²) >= 11 is 0. The molecule has 0 atom stereocenters. The molecule has 1 saturated carbocycles. The van der Waals surface area contributed by atoms with Gasteiger partial charge in [-0.1, -0.05) is 5.16 Å². The molecule has 1 N–H and O–H groups in total. The molecule has 1 aliphatic carbocycles. The lowest BCUT2D eigenvalue weighted by atomic mass is 10.4. The standard InChI is InChI=1S/C6H7N3O/c10-9-5-3-7-6(8-5)4-1-2-4/h3-4,10H,1-2H2. The quantitative estimate of drug-likeness (QED) is 0.419. The van der Waals surface area contributed by atoms with Gasteiger partial charge in [0.15, 0.2) is 0 Å². The van der Waals surface area contributed by atoms with Gasteiger partial charge in [0, 0.05) is 5.92 Å². The lowest BCUT2D eigenvalue weighted by Gasteiger charge is -1.85. The van der Waals surface area contributed by atoms with Crippen LogP contribution in [-0.4, -0.2) is 23.1 Å². The maximum atomic E-state index is 8.28. The van der Waals surface area contributed by atoms with Crippen LogP contribution >= 0.6 is 0 Å². The average molecular weight is 137 g/mol. The third kappa shape index (κ3) is 0.814. The SMILES string of the molecule is ON=C1C=NC(C2CC2)=N1. The topological polar surface area (TPSA) is 57.3 Å². The summed E-state index contributed by atoms with van der Waals surface area (Å²) < 4.78 is 0. The maximum absolute atomic E-state index is 8.28. The molecule has 0 aromatic heterocycles. The predicted molar refractivity (Wildman–Crippen MR) is 37.9 cm³/mol. The average Bonchev–Trinajstić information content (AvgIpc) is 2.70. The lowest BCUT2D eigenvalue weighted by molar-refractivity contribution is 0.320. The van der Waals surface area contributed by atoms with E-state index in [0.717, 1.165) is 5.84 Å². The molecule has 0 amide bonds. The fraction of sp³-hybridized carbons (Fsp3) is 0.500. The summed E-state index contributed by atoms with van der Waals surface area (Å²) in [6.07, 6.45) is 3.83. The number of amidine groups is 2. The summed E-state index contributed by atoms with van der Waals surface area (Å²) in [6, 6.07) is 0.